The molecule has 0 spiro atoms. The van der Waals surface area contributed by atoms with E-state index < -0.39 is 6.04 Å². The number of ether oxygens (including phenoxy) is 1. The quantitative estimate of drug-likeness (QED) is 0.773. The summed E-state index contributed by atoms with van der Waals surface area (Å²) in [7, 11) is 1.43. The van der Waals surface area contributed by atoms with Crippen molar-refractivity contribution in [2.75, 3.05) is 13.7 Å². The van der Waals surface area contributed by atoms with Crippen LogP contribution in [0.4, 0.5) is 0 Å². The number of nitrogens with zero attached hydrogens (tertiary/aromatic N) is 1. The fraction of sp³-hybridized carbons (Fsp3) is 0.353. The molecule has 0 N–H and O–H groups in total. The van der Waals surface area contributed by atoms with Crippen LogP contribution >= 0.6 is 22.9 Å². The average Bonchev–Trinajstić information content (AvgIpc) is 3.19. The minimum Gasteiger partial charge on any atom is -0.468 e. The molecule has 1 aliphatic rings. The molecule has 2 heterocycles. The number of thiophene rings is 1. The van der Waals surface area contributed by atoms with Crippen LogP contribution in [0.15, 0.2) is 41.1 Å². The molecule has 3 nitrogen and oxygen atoms in total. The highest BCUT2D eigenvalue weighted by molar-refractivity contribution is 7.07. The Bertz CT molecular complexity index is 644. The van der Waals surface area contributed by atoms with Crippen molar-refractivity contribution in [2.24, 2.45) is 0 Å². The van der Waals surface area contributed by atoms with Crippen molar-refractivity contribution < 1.29 is 9.53 Å². The van der Waals surface area contributed by atoms with Gasteiger partial charge in [-0.05, 0) is 53.4 Å². The number of likely N-dealkylation sites (tertiary alicyclic amines) is 1. The van der Waals surface area contributed by atoms with Gasteiger partial charge in [0.1, 0.15) is 6.04 Å². The highest BCUT2D eigenvalue weighted by Gasteiger charge is 2.38. The summed E-state index contributed by atoms with van der Waals surface area (Å²) in [6.45, 7) is 0.867. The van der Waals surface area contributed by atoms with E-state index in [1.54, 1.807) is 11.3 Å². The highest BCUT2D eigenvalue weighted by Crippen LogP contribution is 2.41. The predicted octanol–water partition coefficient (Wildman–Crippen LogP) is 4.45. The molecule has 0 bridgehead atoms. The summed E-state index contributed by atoms with van der Waals surface area (Å²) in [4.78, 5) is 14.7. The lowest BCUT2D eigenvalue weighted by Crippen LogP contribution is -2.34. The molecule has 0 amide bonds. The fourth-order valence-electron chi connectivity index (χ4n) is 3.17. The number of hydrogen-bond acceptors (Lipinski definition) is 4. The molecular weight excluding hydrogens is 318 g/mol. The third-order valence-electron chi connectivity index (χ3n) is 4.18. The van der Waals surface area contributed by atoms with E-state index in [0.717, 1.165) is 24.9 Å². The predicted molar refractivity (Wildman–Crippen MR) is 89.2 cm³/mol. The van der Waals surface area contributed by atoms with E-state index in [9.17, 15) is 4.79 Å². The average molecular weight is 336 g/mol. The van der Waals surface area contributed by atoms with E-state index in [4.69, 9.17) is 16.3 Å². The maximum atomic E-state index is 12.4. The third kappa shape index (κ3) is 2.91. The molecule has 1 aromatic heterocycles. The molecule has 2 aromatic rings. The van der Waals surface area contributed by atoms with Crippen LogP contribution < -0.4 is 0 Å². The van der Waals surface area contributed by atoms with Gasteiger partial charge >= 0.3 is 5.97 Å². The zero-order valence-electron chi connectivity index (χ0n) is 12.4. The van der Waals surface area contributed by atoms with E-state index >= 15 is 0 Å². The van der Waals surface area contributed by atoms with Crippen LogP contribution in [0, 0.1) is 0 Å². The highest BCUT2D eigenvalue weighted by atomic mass is 35.5. The van der Waals surface area contributed by atoms with Crippen LogP contribution in [-0.2, 0) is 9.53 Å². The summed E-state index contributed by atoms with van der Waals surface area (Å²) in [6, 6.07) is 9.44. The van der Waals surface area contributed by atoms with Gasteiger partial charge in [0.15, 0.2) is 0 Å². The maximum absolute atomic E-state index is 12.4. The smallest absolute Gasteiger partial charge is 0.327 e. The second-order valence-electron chi connectivity index (χ2n) is 5.40. The summed E-state index contributed by atoms with van der Waals surface area (Å²) in [5.41, 5.74) is 2.08. The Morgan fingerprint density at radius 1 is 1.41 bits per heavy atom. The van der Waals surface area contributed by atoms with Crippen molar-refractivity contribution in [1.82, 2.24) is 4.90 Å². The minimum atomic E-state index is -0.453. The van der Waals surface area contributed by atoms with Gasteiger partial charge in [-0.3, -0.25) is 4.90 Å². The zero-order valence-corrected chi connectivity index (χ0v) is 13.9. The summed E-state index contributed by atoms with van der Waals surface area (Å²) >= 11 is 8.02. The normalized spacial score (nSPS) is 20.0. The van der Waals surface area contributed by atoms with Crippen LogP contribution in [-0.4, -0.2) is 24.5 Å². The van der Waals surface area contributed by atoms with E-state index in [0.29, 0.717) is 5.02 Å². The van der Waals surface area contributed by atoms with Crippen molar-refractivity contribution in [1.29, 1.82) is 0 Å². The Morgan fingerprint density at radius 3 is 2.91 bits per heavy atom. The van der Waals surface area contributed by atoms with Crippen molar-refractivity contribution >= 4 is 28.9 Å². The first-order valence-electron chi connectivity index (χ1n) is 7.32. The largest absolute Gasteiger partial charge is 0.468 e. The standard InChI is InChI=1S/C17H18ClNO2S/c1-21-17(20)16(13-5-2-3-6-14(13)18)19-9-4-7-15(19)12-8-10-22-11-12/h2-3,5-6,8,10-11,15-16H,4,7,9H2,1H3/t15-,16+/m1/s1. The Hall–Kier alpha value is -1.36. The summed E-state index contributed by atoms with van der Waals surface area (Å²) in [6.07, 6.45) is 2.12. The molecule has 0 saturated carbocycles. The number of carbonyl (C=O) groups excluding carboxylic acids is 1. The minimum absolute atomic E-state index is 0.242. The number of methoxy groups -OCH3 is 1. The van der Waals surface area contributed by atoms with Gasteiger partial charge in [-0.2, -0.15) is 11.3 Å². The molecule has 1 fully saturated rings. The zero-order chi connectivity index (χ0) is 15.5. The molecule has 1 saturated heterocycles. The number of benzene rings is 1. The third-order valence-corrected chi connectivity index (χ3v) is 5.22. The topological polar surface area (TPSA) is 29.5 Å². The summed E-state index contributed by atoms with van der Waals surface area (Å²) in [5, 5.41) is 4.84. The molecule has 116 valence electrons. The monoisotopic (exact) mass is 335 g/mol. The first kappa shape index (κ1) is 15.5. The van der Waals surface area contributed by atoms with Gasteiger partial charge in [-0.15, -0.1) is 0 Å². The fourth-order valence-corrected chi connectivity index (χ4v) is 4.12. The van der Waals surface area contributed by atoms with Gasteiger partial charge < -0.3 is 4.74 Å². The molecule has 0 aliphatic carbocycles. The molecule has 22 heavy (non-hydrogen) atoms. The number of hydrogen-bond donors (Lipinski definition) is 0. The van der Waals surface area contributed by atoms with Crippen molar-refractivity contribution in [2.45, 2.75) is 24.9 Å². The van der Waals surface area contributed by atoms with E-state index in [1.165, 1.54) is 12.7 Å². The summed E-state index contributed by atoms with van der Waals surface area (Å²) in [5.74, 6) is -0.254. The van der Waals surface area contributed by atoms with Gasteiger partial charge in [-0.1, -0.05) is 29.8 Å². The van der Waals surface area contributed by atoms with E-state index in [1.807, 2.05) is 24.3 Å². The second-order valence-corrected chi connectivity index (χ2v) is 6.59. The van der Waals surface area contributed by atoms with Gasteiger partial charge in [0.05, 0.1) is 7.11 Å². The lowest BCUT2D eigenvalue weighted by Gasteiger charge is -2.31. The van der Waals surface area contributed by atoms with Crippen molar-refractivity contribution in [3.05, 3.63) is 57.2 Å². The SMILES string of the molecule is COC(=O)[C@H](c1ccccc1Cl)N1CCC[C@@H]1c1ccsc1. The first-order chi connectivity index (χ1) is 10.7. The molecular formula is C17H18ClNO2S. The molecule has 1 aliphatic heterocycles. The molecule has 3 rings (SSSR count). The van der Waals surface area contributed by atoms with Crippen LogP contribution in [0.25, 0.3) is 0 Å². The molecule has 2 atom stereocenters. The Kier molecular flexibility index (Phi) is 4.81. The van der Waals surface area contributed by atoms with Crippen LogP contribution in [0.3, 0.4) is 0 Å². The van der Waals surface area contributed by atoms with Crippen molar-refractivity contribution in [3.8, 4) is 0 Å². The van der Waals surface area contributed by atoms with Crippen LogP contribution in [0.5, 0.6) is 0 Å². The van der Waals surface area contributed by atoms with E-state index in [-0.39, 0.29) is 12.0 Å². The summed E-state index contributed by atoms with van der Waals surface area (Å²) < 4.78 is 5.06. The number of carbonyl (C=O) groups is 1. The number of halogens is 1. The Morgan fingerprint density at radius 2 is 2.23 bits per heavy atom. The maximum Gasteiger partial charge on any atom is 0.327 e. The lowest BCUT2D eigenvalue weighted by atomic mass is 10.0. The van der Waals surface area contributed by atoms with Gasteiger partial charge in [0.25, 0.3) is 0 Å². The molecule has 5 heteroatoms. The lowest BCUT2D eigenvalue weighted by molar-refractivity contribution is -0.147. The van der Waals surface area contributed by atoms with Gasteiger partial charge in [-0.25, -0.2) is 4.79 Å². The van der Waals surface area contributed by atoms with Gasteiger partial charge in [0.2, 0.25) is 0 Å². The van der Waals surface area contributed by atoms with Crippen LogP contribution in [0.2, 0.25) is 5.02 Å². The Balaban J connectivity index is 1.99. The Labute approximate surface area is 139 Å². The second kappa shape index (κ2) is 6.82. The molecule has 1 aromatic carbocycles. The van der Waals surface area contributed by atoms with E-state index in [2.05, 4.69) is 21.7 Å². The number of rotatable bonds is 4. The van der Waals surface area contributed by atoms with Gasteiger partial charge in [0, 0.05) is 11.1 Å². The molecule has 0 unspecified atom stereocenters. The van der Waals surface area contributed by atoms with Crippen molar-refractivity contribution in [3.63, 3.8) is 0 Å². The first-order valence-corrected chi connectivity index (χ1v) is 8.64. The number of esters is 1. The molecule has 0 radical (unpaired) electrons. The van der Waals surface area contributed by atoms with Crippen LogP contribution in [0.1, 0.15) is 36.1 Å².